The van der Waals surface area contributed by atoms with E-state index in [2.05, 4.69) is 10.3 Å². The molecule has 0 aliphatic rings. The summed E-state index contributed by atoms with van der Waals surface area (Å²) in [7, 11) is 0. The van der Waals surface area contributed by atoms with Crippen molar-refractivity contribution in [3.63, 3.8) is 0 Å². The molecule has 1 unspecified atom stereocenters. The first-order valence-corrected chi connectivity index (χ1v) is 5.49. The lowest BCUT2D eigenvalue weighted by Crippen LogP contribution is -2.26. The molecular weight excluding hydrogens is 233 g/mol. The number of nitrogens with zero attached hydrogens (tertiary/aromatic N) is 3. The van der Waals surface area contributed by atoms with Gasteiger partial charge in [-0.05, 0) is 19.4 Å². The van der Waals surface area contributed by atoms with Gasteiger partial charge in [-0.2, -0.15) is 13.2 Å². The lowest BCUT2D eigenvalue weighted by molar-refractivity contribution is -0.166. The Labute approximate surface area is 98.0 Å². The minimum atomic E-state index is -4.32. The lowest BCUT2D eigenvalue weighted by Gasteiger charge is -2.19. The molecule has 1 heterocycles. The Morgan fingerprint density at radius 1 is 1.29 bits per heavy atom. The van der Waals surface area contributed by atoms with Crippen molar-refractivity contribution in [2.24, 2.45) is 5.73 Å². The molecule has 0 saturated carbocycles. The third-order valence-electron chi connectivity index (χ3n) is 2.57. The zero-order valence-corrected chi connectivity index (χ0v) is 10.1. The molecule has 0 aliphatic heterocycles. The van der Waals surface area contributed by atoms with Crippen molar-refractivity contribution < 1.29 is 13.2 Å². The lowest BCUT2D eigenvalue weighted by atomic mass is 10.1. The standard InChI is InChI=1S/C10H17F3N4/c1-6(2)9-8(4-5-14)15-16-17(9)7(3)10(11,12)13/h6-7H,4-5,14H2,1-3H3. The fourth-order valence-corrected chi connectivity index (χ4v) is 1.67. The Kier molecular flexibility index (Phi) is 4.13. The van der Waals surface area contributed by atoms with Crippen LogP contribution in [0.1, 0.15) is 44.1 Å². The van der Waals surface area contributed by atoms with Gasteiger partial charge >= 0.3 is 6.18 Å². The van der Waals surface area contributed by atoms with E-state index < -0.39 is 12.2 Å². The fraction of sp³-hybridized carbons (Fsp3) is 0.800. The second kappa shape index (κ2) is 5.03. The molecule has 0 aromatic carbocycles. The average Bonchev–Trinajstić information content (AvgIpc) is 2.59. The van der Waals surface area contributed by atoms with E-state index in [9.17, 15) is 13.2 Å². The predicted octanol–water partition coefficient (Wildman–Crippen LogP) is 2.03. The van der Waals surface area contributed by atoms with Gasteiger partial charge in [-0.15, -0.1) is 5.10 Å². The molecule has 4 nitrogen and oxygen atoms in total. The first-order valence-electron chi connectivity index (χ1n) is 5.49. The van der Waals surface area contributed by atoms with Crippen LogP contribution in [0.3, 0.4) is 0 Å². The first kappa shape index (κ1) is 14.0. The Balaban J connectivity index is 3.16. The largest absolute Gasteiger partial charge is 0.410 e. The summed E-state index contributed by atoms with van der Waals surface area (Å²) in [6.45, 7) is 5.06. The maximum atomic E-state index is 12.7. The second-order valence-electron chi connectivity index (χ2n) is 4.28. The number of hydrogen-bond donors (Lipinski definition) is 1. The number of nitrogens with two attached hydrogens (primary N) is 1. The van der Waals surface area contributed by atoms with Gasteiger partial charge in [0.2, 0.25) is 0 Å². The highest BCUT2D eigenvalue weighted by Gasteiger charge is 2.40. The van der Waals surface area contributed by atoms with Crippen LogP contribution in [0, 0.1) is 0 Å². The highest BCUT2D eigenvalue weighted by molar-refractivity contribution is 5.15. The van der Waals surface area contributed by atoms with Crippen LogP contribution in [0.4, 0.5) is 13.2 Å². The van der Waals surface area contributed by atoms with Crippen molar-refractivity contribution in [2.45, 2.75) is 45.3 Å². The third kappa shape index (κ3) is 2.96. The molecule has 1 rings (SSSR count). The normalized spacial score (nSPS) is 14.4. The second-order valence-corrected chi connectivity index (χ2v) is 4.28. The number of hydrogen-bond acceptors (Lipinski definition) is 3. The molecule has 0 saturated heterocycles. The van der Waals surface area contributed by atoms with Gasteiger partial charge in [-0.25, -0.2) is 4.68 Å². The van der Waals surface area contributed by atoms with E-state index in [1.165, 1.54) is 0 Å². The van der Waals surface area contributed by atoms with Crippen LogP contribution in [0.15, 0.2) is 0 Å². The summed E-state index contributed by atoms with van der Waals surface area (Å²) in [6.07, 6.45) is -3.88. The molecule has 2 N–H and O–H groups in total. The number of rotatable bonds is 4. The summed E-state index contributed by atoms with van der Waals surface area (Å²) in [5.41, 5.74) is 6.47. The smallest absolute Gasteiger partial charge is 0.330 e. The van der Waals surface area contributed by atoms with Gasteiger partial charge in [-0.3, -0.25) is 0 Å². The van der Waals surface area contributed by atoms with Gasteiger partial charge in [-0.1, -0.05) is 19.1 Å². The van der Waals surface area contributed by atoms with Crippen molar-refractivity contribution in [3.05, 3.63) is 11.4 Å². The van der Waals surface area contributed by atoms with Gasteiger partial charge in [0.25, 0.3) is 0 Å². The molecular formula is C10H17F3N4. The van der Waals surface area contributed by atoms with E-state index in [4.69, 9.17) is 5.73 Å². The van der Waals surface area contributed by atoms with Gasteiger partial charge in [0.05, 0.1) is 11.4 Å². The van der Waals surface area contributed by atoms with Crippen LogP contribution in [0.5, 0.6) is 0 Å². The van der Waals surface area contributed by atoms with Crippen molar-refractivity contribution in [2.75, 3.05) is 6.54 Å². The van der Waals surface area contributed by atoms with E-state index in [0.717, 1.165) is 11.6 Å². The molecule has 0 fully saturated rings. The highest BCUT2D eigenvalue weighted by Crippen LogP contribution is 2.32. The number of halogens is 3. The topological polar surface area (TPSA) is 56.7 Å². The van der Waals surface area contributed by atoms with Crippen molar-refractivity contribution in [3.8, 4) is 0 Å². The maximum Gasteiger partial charge on any atom is 0.410 e. The number of aromatic nitrogens is 3. The third-order valence-corrected chi connectivity index (χ3v) is 2.57. The van der Waals surface area contributed by atoms with Crippen molar-refractivity contribution >= 4 is 0 Å². The van der Waals surface area contributed by atoms with E-state index in [-0.39, 0.29) is 5.92 Å². The highest BCUT2D eigenvalue weighted by atomic mass is 19.4. The minimum absolute atomic E-state index is 0.0728. The first-order chi connectivity index (χ1) is 7.79. The Morgan fingerprint density at radius 2 is 1.88 bits per heavy atom. The van der Waals surface area contributed by atoms with Gasteiger partial charge in [0.1, 0.15) is 6.04 Å². The molecule has 0 aliphatic carbocycles. The van der Waals surface area contributed by atoms with Crippen LogP contribution in [0.2, 0.25) is 0 Å². The van der Waals surface area contributed by atoms with Gasteiger partial charge in [0, 0.05) is 6.42 Å². The van der Waals surface area contributed by atoms with E-state index in [1.807, 2.05) is 13.8 Å². The molecule has 1 aromatic rings. The monoisotopic (exact) mass is 250 g/mol. The van der Waals surface area contributed by atoms with E-state index in [1.54, 1.807) is 0 Å². The van der Waals surface area contributed by atoms with Crippen molar-refractivity contribution in [1.82, 2.24) is 15.0 Å². The predicted molar refractivity (Wildman–Crippen MR) is 57.6 cm³/mol. The molecule has 1 aromatic heterocycles. The van der Waals surface area contributed by atoms with Crippen LogP contribution in [0.25, 0.3) is 0 Å². The average molecular weight is 250 g/mol. The summed E-state index contributed by atoms with van der Waals surface area (Å²) in [6, 6.07) is -1.67. The zero-order valence-electron chi connectivity index (χ0n) is 10.1. The summed E-state index contributed by atoms with van der Waals surface area (Å²) in [5.74, 6) is -0.0728. The molecule has 1 atom stereocenters. The Morgan fingerprint density at radius 3 is 2.29 bits per heavy atom. The van der Waals surface area contributed by atoms with E-state index >= 15 is 0 Å². The molecule has 0 spiro atoms. The molecule has 0 radical (unpaired) electrons. The Bertz CT molecular complexity index is 370. The molecule has 0 amide bonds. The SMILES string of the molecule is CC(C)c1c(CCN)nnn1C(C)C(F)(F)F. The molecule has 0 bridgehead atoms. The van der Waals surface area contributed by atoms with Crippen LogP contribution >= 0.6 is 0 Å². The van der Waals surface area contributed by atoms with Crippen molar-refractivity contribution in [1.29, 1.82) is 0 Å². The van der Waals surface area contributed by atoms with E-state index in [0.29, 0.717) is 24.4 Å². The summed E-state index contributed by atoms with van der Waals surface area (Å²) in [5, 5.41) is 7.41. The van der Waals surface area contributed by atoms with Gasteiger partial charge < -0.3 is 5.73 Å². The quantitative estimate of drug-likeness (QED) is 0.889. The van der Waals surface area contributed by atoms with Gasteiger partial charge in [0.15, 0.2) is 0 Å². The number of alkyl halides is 3. The maximum absolute atomic E-state index is 12.7. The summed E-state index contributed by atoms with van der Waals surface area (Å²) in [4.78, 5) is 0. The Hall–Kier alpha value is -1.11. The summed E-state index contributed by atoms with van der Waals surface area (Å²) >= 11 is 0. The van der Waals surface area contributed by atoms with Crippen LogP contribution in [-0.4, -0.2) is 27.7 Å². The zero-order chi connectivity index (χ0) is 13.2. The molecule has 7 heteroatoms. The minimum Gasteiger partial charge on any atom is -0.330 e. The van der Waals surface area contributed by atoms with Crippen LogP contribution in [-0.2, 0) is 6.42 Å². The molecule has 17 heavy (non-hydrogen) atoms. The molecule has 98 valence electrons. The summed E-state index contributed by atoms with van der Waals surface area (Å²) < 4.78 is 38.9. The fourth-order valence-electron chi connectivity index (χ4n) is 1.67. The van der Waals surface area contributed by atoms with Crippen LogP contribution < -0.4 is 5.73 Å².